The summed E-state index contributed by atoms with van der Waals surface area (Å²) >= 11 is 0. The van der Waals surface area contributed by atoms with Crippen LogP contribution in [0.1, 0.15) is 18.0 Å². The Morgan fingerprint density at radius 1 is 1.27 bits per heavy atom. The Morgan fingerprint density at radius 3 is 2.40 bits per heavy atom. The lowest BCUT2D eigenvalue weighted by molar-refractivity contribution is 0.571. The van der Waals surface area contributed by atoms with Gasteiger partial charge in [0.25, 0.3) is 10.2 Å². The zero-order chi connectivity index (χ0) is 11.3. The van der Waals surface area contributed by atoms with Gasteiger partial charge in [-0.3, -0.25) is 0 Å². The maximum absolute atomic E-state index is 10.6. The van der Waals surface area contributed by atoms with Gasteiger partial charge in [-0.2, -0.15) is 8.42 Å². The number of nitrogens with one attached hydrogen (secondary N) is 1. The highest BCUT2D eigenvalue weighted by Gasteiger charge is 2.06. The summed E-state index contributed by atoms with van der Waals surface area (Å²) in [4.78, 5) is 0. The van der Waals surface area contributed by atoms with E-state index in [2.05, 4.69) is 4.72 Å². The minimum Gasteiger partial charge on any atom is -0.324 e. The van der Waals surface area contributed by atoms with E-state index in [1.54, 1.807) is 0 Å². The van der Waals surface area contributed by atoms with Gasteiger partial charge in [0.1, 0.15) is 0 Å². The molecule has 1 unspecified atom stereocenters. The van der Waals surface area contributed by atoms with Crippen LogP contribution in [0.25, 0.3) is 0 Å². The SMILES string of the molecule is NC(CCNS(N)(=O)=O)c1ccccc1. The van der Waals surface area contributed by atoms with Gasteiger partial charge in [-0.1, -0.05) is 30.3 Å². The molecule has 5 N–H and O–H groups in total. The van der Waals surface area contributed by atoms with Crippen LogP contribution in [0, 0.1) is 0 Å². The van der Waals surface area contributed by atoms with Crippen LogP contribution < -0.4 is 15.6 Å². The van der Waals surface area contributed by atoms with Crippen LogP contribution in [0.5, 0.6) is 0 Å². The van der Waals surface area contributed by atoms with Crippen molar-refractivity contribution in [2.75, 3.05) is 6.54 Å². The van der Waals surface area contributed by atoms with E-state index >= 15 is 0 Å². The number of benzene rings is 1. The molecule has 0 radical (unpaired) electrons. The molecule has 0 heterocycles. The number of hydrogen-bond donors (Lipinski definition) is 3. The monoisotopic (exact) mass is 229 g/mol. The van der Waals surface area contributed by atoms with Gasteiger partial charge < -0.3 is 5.73 Å². The third-order valence-corrected chi connectivity index (χ3v) is 2.59. The molecular weight excluding hydrogens is 214 g/mol. The summed E-state index contributed by atoms with van der Waals surface area (Å²) in [5.41, 5.74) is 6.83. The second-order valence-electron chi connectivity index (χ2n) is 3.25. The molecule has 84 valence electrons. The Balaban J connectivity index is 2.41. The van der Waals surface area contributed by atoms with Crippen molar-refractivity contribution in [3.05, 3.63) is 35.9 Å². The van der Waals surface area contributed by atoms with E-state index in [0.717, 1.165) is 5.56 Å². The largest absolute Gasteiger partial charge is 0.324 e. The Kier molecular flexibility index (Phi) is 4.22. The molecule has 6 heteroatoms. The molecule has 0 amide bonds. The predicted octanol–water partition coefficient (Wildman–Crippen LogP) is -0.130. The van der Waals surface area contributed by atoms with E-state index in [-0.39, 0.29) is 12.6 Å². The van der Waals surface area contributed by atoms with Gasteiger partial charge >= 0.3 is 0 Å². The number of hydrogen-bond acceptors (Lipinski definition) is 3. The van der Waals surface area contributed by atoms with E-state index in [9.17, 15) is 8.42 Å². The van der Waals surface area contributed by atoms with Crippen LogP contribution in [0.3, 0.4) is 0 Å². The highest BCUT2D eigenvalue weighted by molar-refractivity contribution is 7.87. The van der Waals surface area contributed by atoms with Gasteiger partial charge in [-0.05, 0) is 12.0 Å². The minimum absolute atomic E-state index is 0.180. The summed E-state index contributed by atoms with van der Waals surface area (Å²) < 4.78 is 23.3. The van der Waals surface area contributed by atoms with Crippen molar-refractivity contribution in [3.63, 3.8) is 0 Å². The summed E-state index contributed by atoms with van der Waals surface area (Å²) in [6.07, 6.45) is 0.514. The van der Waals surface area contributed by atoms with Gasteiger partial charge in [-0.15, -0.1) is 0 Å². The lowest BCUT2D eigenvalue weighted by Gasteiger charge is -2.11. The van der Waals surface area contributed by atoms with Crippen LogP contribution in [-0.2, 0) is 10.2 Å². The Bertz CT molecular complexity index is 391. The number of nitrogens with two attached hydrogens (primary N) is 2. The van der Waals surface area contributed by atoms with Crippen LogP contribution in [-0.4, -0.2) is 15.0 Å². The van der Waals surface area contributed by atoms with Crippen molar-refractivity contribution < 1.29 is 8.42 Å². The van der Waals surface area contributed by atoms with Gasteiger partial charge in [0.05, 0.1) is 0 Å². The topological polar surface area (TPSA) is 98.2 Å². The van der Waals surface area contributed by atoms with Crippen molar-refractivity contribution in [2.45, 2.75) is 12.5 Å². The second kappa shape index (κ2) is 5.22. The Labute approximate surface area is 89.7 Å². The van der Waals surface area contributed by atoms with E-state index in [0.29, 0.717) is 6.42 Å². The van der Waals surface area contributed by atoms with E-state index < -0.39 is 10.2 Å². The normalized spacial score (nSPS) is 13.7. The van der Waals surface area contributed by atoms with Crippen molar-refractivity contribution >= 4 is 10.2 Å². The molecule has 1 atom stereocenters. The van der Waals surface area contributed by atoms with E-state index in [4.69, 9.17) is 10.9 Å². The fourth-order valence-corrected chi connectivity index (χ4v) is 1.63. The molecule has 0 spiro atoms. The first kappa shape index (κ1) is 12.1. The van der Waals surface area contributed by atoms with Crippen molar-refractivity contribution in [3.8, 4) is 0 Å². The molecule has 0 aliphatic heterocycles. The van der Waals surface area contributed by atoms with E-state index in [1.165, 1.54) is 0 Å². The minimum atomic E-state index is -3.61. The molecular formula is C9H15N3O2S. The molecule has 0 aromatic heterocycles. The molecule has 1 rings (SSSR count). The average Bonchev–Trinajstić information content (AvgIpc) is 2.17. The molecule has 15 heavy (non-hydrogen) atoms. The summed E-state index contributed by atoms with van der Waals surface area (Å²) in [7, 11) is -3.61. The van der Waals surface area contributed by atoms with E-state index in [1.807, 2.05) is 30.3 Å². The molecule has 1 aromatic carbocycles. The molecule has 0 fully saturated rings. The second-order valence-corrected chi connectivity index (χ2v) is 4.62. The number of rotatable bonds is 5. The highest BCUT2D eigenvalue weighted by atomic mass is 32.2. The maximum atomic E-state index is 10.6. The third-order valence-electron chi connectivity index (χ3n) is 1.99. The first-order chi connectivity index (χ1) is 6.99. The molecule has 0 bridgehead atoms. The Morgan fingerprint density at radius 2 is 1.87 bits per heavy atom. The first-order valence-corrected chi connectivity index (χ1v) is 6.11. The third kappa shape index (κ3) is 4.89. The summed E-state index contributed by atoms with van der Waals surface area (Å²) in [5.74, 6) is 0. The molecule has 0 saturated heterocycles. The molecule has 0 aliphatic carbocycles. The fraction of sp³-hybridized carbons (Fsp3) is 0.333. The van der Waals surface area contributed by atoms with Crippen molar-refractivity contribution in [1.82, 2.24) is 4.72 Å². The summed E-state index contributed by atoms with van der Waals surface area (Å²) in [6, 6.07) is 9.31. The van der Waals surface area contributed by atoms with Gasteiger partial charge in [0.2, 0.25) is 0 Å². The van der Waals surface area contributed by atoms with Gasteiger partial charge in [0.15, 0.2) is 0 Å². The standard InChI is InChI=1S/C9H15N3O2S/c10-9(6-7-12-15(11,13)14)8-4-2-1-3-5-8/h1-5,9,12H,6-7,10H2,(H2,11,13,14). The Hall–Kier alpha value is -0.950. The zero-order valence-electron chi connectivity index (χ0n) is 8.26. The van der Waals surface area contributed by atoms with Crippen LogP contribution in [0.4, 0.5) is 0 Å². The van der Waals surface area contributed by atoms with Crippen molar-refractivity contribution in [2.24, 2.45) is 10.9 Å². The van der Waals surface area contributed by atoms with Gasteiger partial charge in [-0.25, -0.2) is 9.86 Å². The average molecular weight is 229 g/mol. The fourth-order valence-electron chi connectivity index (χ4n) is 1.22. The lowest BCUT2D eigenvalue weighted by atomic mass is 10.1. The zero-order valence-corrected chi connectivity index (χ0v) is 9.07. The molecule has 0 aliphatic rings. The molecule has 0 saturated carbocycles. The summed E-state index contributed by atoms with van der Waals surface area (Å²) in [6.45, 7) is 0.245. The highest BCUT2D eigenvalue weighted by Crippen LogP contribution is 2.11. The van der Waals surface area contributed by atoms with Crippen LogP contribution in [0.15, 0.2) is 30.3 Å². The van der Waals surface area contributed by atoms with Crippen molar-refractivity contribution in [1.29, 1.82) is 0 Å². The predicted molar refractivity (Wildman–Crippen MR) is 59.1 cm³/mol. The van der Waals surface area contributed by atoms with Gasteiger partial charge in [0, 0.05) is 12.6 Å². The summed E-state index contributed by atoms with van der Waals surface area (Å²) in [5, 5.41) is 4.78. The molecule has 1 aromatic rings. The quantitative estimate of drug-likeness (QED) is 0.656. The van der Waals surface area contributed by atoms with Crippen LogP contribution in [0.2, 0.25) is 0 Å². The van der Waals surface area contributed by atoms with Crippen LogP contribution >= 0.6 is 0 Å². The molecule has 5 nitrogen and oxygen atoms in total. The maximum Gasteiger partial charge on any atom is 0.274 e. The first-order valence-electron chi connectivity index (χ1n) is 4.57. The lowest BCUT2D eigenvalue weighted by Crippen LogP contribution is -2.32. The smallest absolute Gasteiger partial charge is 0.274 e.